The molecule has 31 heavy (non-hydrogen) atoms. The maximum absolute atomic E-state index is 13.1. The summed E-state index contributed by atoms with van der Waals surface area (Å²) in [5.41, 5.74) is -2.05. The molecule has 0 spiro atoms. The topological polar surface area (TPSA) is 91.2 Å². The van der Waals surface area contributed by atoms with Gasteiger partial charge >= 0.3 is 6.18 Å². The predicted octanol–water partition coefficient (Wildman–Crippen LogP) is 3.23. The van der Waals surface area contributed by atoms with Gasteiger partial charge in [-0.1, -0.05) is 13.0 Å². The third-order valence-corrected chi connectivity index (χ3v) is 7.21. The molecule has 7 nitrogen and oxygen atoms in total. The van der Waals surface area contributed by atoms with Crippen LogP contribution in [0.1, 0.15) is 31.4 Å². The molecule has 1 aromatic carbocycles. The van der Waals surface area contributed by atoms with Crippen LogP contribution in [0.15, 0.2) is 46.3 Å². The Labute approximate surface area is 175 Å². The summed E-state index contributed by atoms with van der Waals surface area (Å²) in [6.07, 6.45) is -1.36. The van der Waals surface area contributed by atoms with Gasteiger partial charge in [-0.3, -0.25) is 4.79 Å². The molecule has 0 bridgehead atoms. The summed E-state index contributed by atoms with van der Waals surface area (Å²) in [6.45, 7) is 3.77. The first-order valence-corrected chi connectivity index (χ1v) is 11.1. The molecule has 1 saturated heterocycles. The van der Waals surface area contributed by atoms with Crippen LogP contribution < -0.4 is 5.56 Å². The fraction of sp³-hybridized carbons (Fsp3) is 0.350. The van der Waals surface area contributed by atoms with Gasteiger partial charge in [0.15, 0.2) is 15.7 Å². The van der Waals surface area contributed by atoms with Crippen LogP contribution in [0.4, 0.5) is 13.2 Å². The molecule has 2 aromatic heterocycles. The van der Waals surface area contributed by atoms with E-state index in [-0.39, 0.29) is 27.2 Å². The van der Waals surface area contributed by atoms with E-state index in [1.54, 1.807) is 6.92 Å². The Balaban J connectivity index is 1.97. The summed E-state index contributed by atoms with van der Waals surface area (Å²) in [7, 11) is -3.84. The van der Waals surface area contributed by atoms with Gasteiger partial charge in [0.25, 0.3) is 5.56 Å². The van der Waals surface area contributed by atoms with E-state index < -0.39 is 32.7 Å². The minimum absolute atomic E-state index is 0.196. The number of rotatable bonds is 4. The maximum atomic E-state index is 13.1. The second kappa shape index (κ2) is 7.13. The molecule has 0 aliphatic carbocycles. The van der Waals surface area contributed by atoms with Crippen molar-refractivity contribution >= 4 is 20.6 Å². The van der Waals surface area contributed by atoms with E-state index in [0.717, 1.165) is 22.9 Å². The molecule has 1 atom stereocenters. The van der Waals surface area contributed by atoms with Crippen LogP contribution >= 0.6 is 0 Å². The molecular formula is C20H18F3N3O4S. The minimum Gasteiger partial charge on any atom is -0.370 e. The summed E-state index contributed by atoms with van der Waals surface area (Å²) >= 11 is 0. The SMILES string of the molecule is CCS(=O)(=O)c1cc(C2(C)CCO2)cnc1-n1ncc2ccc(C(F)(F)F)cc2c1=O. The van der Waals surface area contributed by atoms with Crippen LogP contribution in [0.5, 0.6) is 0 Å². The first kappa shape index (κ1) is 21.4. The van der Waals surface area contributed by atoms with Crippen molar-refractivity contribution in [3.05, 3.63) is 58.1 Å². The minimum atomic E-state index is -4.64. The van der Waals surface area contributed by atoms with Crippen molar-refractivity contribution in [2.75, 3.05) is 12.4 Å². The smallest absolute Gasteiger partial charge is 0.370 e. The van der Waals surface area contributed by atoms with Crippen molar-refractivity contribution in [2.24, 2.45) is 0 Å². The van der Waals surface area contributed by atoms with Crippen LogP contribution in [0, 0.1) is 0 Å². The molecule has 0 radical (unpaired) electrons. The number of nitrogens with zero attached hydrogens (tertiary/aromatic N) is 3. The van der Waals surface area contributed by atoms with Crippen molar-refractivity contribution in [1.82, 2.24) is 14.8 Å². The quantitative estimate of drug-likeness (QED) is 0.603. The second-order valence-electron chi connectivity index (χ2n) is 7.44. The molecule has 1 aliphatic rings. The number of benzene rings is 1. The van der Waals surface area contributed by atoms with E-state index in [1.165, 1.54) is 25.4 Å². The molecule has 4 rings (SSSR count). The normalized spacial score (nSPS) is 19.4. The Kier molecular flexibility index (Phi) is 4.93. The summed E-state index contributed by atoms with van der Waals surface area (Å²) < 4.78 is 71.1. The number of hydrogen-bond acceptors (Lipinski definition) is 6. The molecule has 3 aromatic rings. The van der Waals surface area contributed by atoms with Crippen molar-refractivity contribution in [3.8, 4) is 5.82 Å². The van der Waals surface area contributed by atoms with Crippen molar-refractivity contribution in [1.29, 1.82) is 0 Å². The lowest BCUT2D eigenvalue weighted by molar-refractivity contribution is -0.141. The number of aromatic nitrogens is 3. The third-order valence-electron chi connectivity index (χ3n) is 5.47. The van der Waals surface area contributed by atoms with Gasteiger partial charge in [0.05, 0.1) is 35.1 Å². The van der Waals surface area contributed by atoms with Gasteiger partial charge in [-0.25, -0.2) is 13.4 Å². The Hall–Kier alpha value is -2.79. The van der Waals surface area contributed by atoms with E-state index >= 15 is 0 Å². The largest absolute Gasteiger partial charge is 0.416 e. The molecule has 3 heterocycles. The standard InChI is InChI=1S/C20H18F3N3O4S/c1-3-31(28,29)16-9-14(19(2)6-7-30-19)11-24-17(16)26-18(27)15-8-13(20(21,22)23)5-4-12(15)10-25-26/h4-5,8-11H,3,6-7H2,1-2H3. The summed E-state index contributed by atoms with van der Waals surface area (Å²) in [5.74, 6) is -0.527. The molecule has 1 unspecified atom stereocenters. The number of hydrogen-bond donors (Lipinski definition) is 0. The van der Waals surface area contributed by atoms with Crippen LogP contribution in [0.2, 0.25) is 0 Å². The first-order valence-electron chi connectivity index (χ1n) is 9.43. The first-order chi connectivity index (χ1) is 14.5. The molecule has 0 N–H and O–H groups in total. The lowest BCUT2D eigenvalue weighted by Gasteiger charge is -2.39. The molecule has 1 fully saturated rings. The molecule has 164 valence electrons. The van der Waals surface area contributed by atoms with Crippen molar-refractivity contribution in [2.45, 2.75) is 36.9 Å². The van der Waals surface area contributed by atoms with Gasteiger partial charge in [0, 0.05) is 23.6 Å². The summed E-state index contributed by atoms with van der Waals surface area (Å²) in [5, 5.41) is 3.92. The zero-order valence-corrected chi connectivity index (χ0v) is 17.4. The summed E-state index contributed by atoms with van der Waals surface area (Å²) in [6, 6.07) is 4.12. The van der Waals surface area contributed by atoms with E-state index in [1.807, 2.05) is 0 Å². The Morgan fingerprint density at radius 1 is 1.23 bits per heavy atom. The molecular weight excluding hydrogens is 435 g/mol. The average Bonchev–Trinajstić information content (AvgIpc) is 2.71. The Morgan fingerprint density at radius 2 is 1.94 bits per heavy atom. The Morgan fingerprint density at radius 3 is 2.52 bits per heavy atom. The molecule has 0 saturated carbocycles. The number of ether oxygens (including phenoxy) is 1. The highest BCUT2D eigenvalue weighted by atomic mass is 32.2. The monoisotopic (exact) mass is 453 g/mol. The number of alkyl halides is 3. The molecule has 11 heteroatoms. The van der Waals surface area contributed by atoms with Crippen molar-refractivity contribution in [3.63, 3.8) is 0 Å². The number of sulfone groups is 1. The van der Waals surface area contributed by atoms with Crippen LogP contribution in [0.25, 0.3) is 16.6 Å². The number of halogens is 3. The second-order valence-corrected chi connectivity index (χ2v) is 9.69. The van der Waals surface area contributed by atoms with Gasteiger partial charge in [0.2, 0.25) is 0 Å². The highest BCUT2D eigenvalue weighted by Gasteiger charge is 2.37. The molecule has 1 aliphatic heterocycles. The highest BCUT2D eigenvalue weighted by molar-refractivity contribution is 7.91. The van der Waals surface area contributed by atoms with E-state index in [4.69, 9.17) is 4.74 Å². The average molecular weight is 453 g/mol. The van der Waals surface area contributed by atoms with Gasteiger partial charge in [-0.2, -0.15) is 23.0 Å². The van der Waals surface area contributed by atoms with Gasteiger partial charge in [-0.15, -0.1) is 0 Å². The predicted molar refractivity (Wildman–Crippen MR) is 106 cm³/mol. The number of pyridine rings is 1. The highest BCUT2D eigenvalue weighted by Crippen LogP contribution is 2.38. The van der Waals surface area contributed by atoms with Gasteiger partial charge in [0.1, 0.15) is 4.90 Å². The third kappa shape index (κ3) is 3.61. The zero-order chi connectivity index (χ0) is 22.6. The number of fused-ring (bicyclic) bond motifs is 1. The Bertz CT molecular complexity index is 1350. The van der Waals surface area contributed by atoms with Crippen LogP contribution in [-0.2, 0) is 26.4 Å². The lowest BCUT2D eigenvalue weighted by Crippen LogP contribution is -2.38. The zero-order valence-electron chi connectivity index (χ0n) is 16.6. The summed E-state index contributed by atoms with van der Waals surface area (Å²) in [4.78, 5) is 16.9. The lowest BCUT2D eigenvalue weighted by atomic mass is 9.90. The fourth-order valence-electron chi connectivity index (χ4n) is 3.37. The maximum Gasteiger partial charge on any atom is 0.416 e. The van der Waals surface area contributed by atoms with Crippen LogP contribution in [-0.4, -0.2) is 35.5 Å². The van der Waals surface area contributed by atoms with Crippen molar-refractivity contribution < 1.29 is 26.3 Å². The fourth-order valence-corrected chi connectivity index (χ4v) is 4.41. The van der Waals surface area contributed by atoms with Gasteiger partial charge in [-0.05, 0) is 25.1 Å². The van der Waals surface area contributed by atoms with Crippen LogP contribution in [0.3, 0.4) is 0 Å². The van der Waals surface area contributed by atoms with E-state index in [0.29, 0.717) is 18.6 Å². The van der Waals surface area contributed by atoms with Gasteiger partial charge < -0.3 is 4.74 Å². The molecule has 0 amide bonds. The van der Waals surface area contributed by atoms with E-state index in [9.17, 15) is 26.4 Å². The van der Waals surface area contributed by atoms with E-state index in [2.05, 4.69) is 10.1 Å².